The summed E-state index contributed by atoms with van der Waals surface area (Å²) >= 11 is 7.84. The molecule has 1 aliphatic rings. The predicted octanol–water partition coefficient (Wildman–Crippen LogP) is 3.50. The topological polar surface area (TPSA) is 50.4 Å². The van der Waals surface area contributed by atoms with Crippen molar-refractivity contribution in [1.29, 1.82) is 0 Å². The Morgan fingerprint density at radius 2 is 2.35 bits per heavy atom. The molecule has 0 spiro atoms. The fourth-order valence-corrected chi connectivity index (χ4v) is 2.80. The van der Waals surface area contributed by atoms with Gasteiger partial charge in [0.1, 0.15) is 0 Å². The number of hydrogen-bond donors (Lipinski definition) is 2. The number of halogens is 1. The van der Waals surface area contributed by atoms with E-state index in [-0.39, 0.29) is 11.6 Å². The Bertz CT molecular complexity index is 490. The summed E-state index contributed by atoms with van der Waals surface area (Å²) in [5.74, 6) is 0.888. The summed E-state index contributed by atoms with van der Waals surface area (Å²) in [6, 6.07) is 5.43. The van der Waals surface area contributed by atoms with Gasteiger partial charge in [0.15, 0.2) is 0 Å². The third-order valence-corrected chi connectivity index (χ3v) is 4.18. The number of carbonyl (C=O) groups excluding carboxylic acids is 1. The normalized spacial score (nSPS) is 21.8. The molecule has 0 aromatic heterocycles. The molecule has 110 valence electrons. The SMILES string of the molecule is CSCc1ccc(Cl)c(NC(=O)N[C@]2(C)CCOC2)c1. The summed E-state index contributed by atoms with van der Waals surface area (Å²) in [6.45, 7) is 3.20. The maximum Gasteiger partial charge on any atom is 0.319 e. The van der Waals surface area contributed by atoms with Crippen LogP contribution in [0.25, 0.3) is 0 Å². The van der Waals surface area contributed by atoms with Crippen molar-refractivity contribution < 1.29 is 9.53 Å². The summed E-state index contributed by atoms with van der Waals surface area (Å²) in [4.78, 5) is 12.1. The van der Waals surface area contributed by atoms with Crippen molar-refractivity contribution in [2.75, 3.05) is 24.8 Å². The van der Waals surface area contributed by atoms with Gasteiger partial charge in [0.05, 0.1) is 22.9 Å². The summed E-state index contributed by atoms with van der Waals surface area (Å²) in [5.41, 5.74) is 1.47. The minimum absolute atomic E-state index is 0.249. The number of anilines is 1. The zero-order chi connectivity index (χ0) is 14.6. The van der Waals surface area contributed by atoms with Crippen molar-refractivity contribution in [3.63, 3.8) is 0 Å². The molecular formula is C14H19ClN2O2S. The van der Waals surface area contributed by atoms with Crippen LogP contribution in [-0.2, 0) is 10.5 Å². The number of rotatable bonds is 4. The minimum Gasteiger partial charge on any atom is -0.379 e. The van der Waals surface area contributed by atoms with Gasteiger partial charge in [0, 0.05) is 12.4 Å². The second-order valence-corrected chi connectivity index (χ2v) is 6.46. The molecule has 2 rings (SSSR count). The molecular weight excluding hydrogens is 296 g/mol. The molecule has 2 amide bonds. The lowest BCUT2D eigenvalue weighted by molar-refractivity contribution is 0.172. The van der Waals surface area contributed by atoms with Crippen molar-refractivity contribution in [2.24, 2.45) is 0 Å². The van der Waals surface area contributed by atoms with Gasteiger partial charge in [-0.15, -0.1) is 0 Å². The maximum atomic E-state index is 12.1. The average Bonchev–Trinajstić information content (AvgIpc) is 2.80. The Labute approximate surface area is 128 Å². The van der Waals surface area contributed by atoms with E-state index in [4.69, 9.17) is 16.3 Å². The maximum absolute atomic E-state index is 12.1. The molecule has 1 aromatic carbocycles. The zero-order valence-electron chi connectivity index (χ0n) is 11.7. The number of amides is 2. The lowest BCUT2D eigenvalue weighted by atomic mass is 10.0. The number of thioether (sulfide) groups is 1. The van der Waals surface area contributed by atoms with E-state index in [1.165, 1.54) is 0 Å². The molecule has 0 aliphatic carbocycles. The fourth-order valence-electron chi connectivity index (χ4n) is 2.12. The van der Waals surface area contributed by atoms with E-state index in [0.717, 1.165) is 17.7 Å². The molecule has 0 radical (unpaired) electrons. The van der Waals surface area contributed by atoms with Crippen LogP contribution in [0.15, 0.2) is 18.2 Å². The largest absolute Gasteiger partial charge is 0.379 e. The van der Waals surface area contributed by atoms with Gasteiger partial charge in [-0.25, -0.2) is 4.79 Å². The van der Waals surface area contributed by atoms with Crippen molar-refractivity contribution in [3.05, 3.63) is 28.8 Å². The van der Waals surface area contributed by atoms with Crippen LogP contribution in [0, 0.1) is 0 Å². The number of carbonyl (C=O) groups is 1. The van der Waals surface area contributed by atoms with Crippen molar-refractivity contribution in [2.45, 2.75) is 24.6 Å². The molecule has 1 saturated heterocycles. The summed E-state index contributed by atoms with van der Waals surface area (Å²) in [7, 11) is 0. The van der Waals surface area contributed by atoms with Crippen LogP contribution in [0.2, 0.25) is 5.02 Å². The van der Waals surface area contributed by atoms with Gasteiger partial charge in [-0.2, -0.15) is 11.8 Å². The fraction of sp³-hybridized carbons (Fsp3) is 0.500. The van der Waals surface area contributed by atoms with Crippen LogP contribution in [-0.4, -0.2) is 31.0 Å². The summed E-state index contributed by atoms with van der Waals surface area (Å²) in [5, 5.41) is 6.30. The smallest absolute Gasteiger partial charge is 0.319 e. The Balaban J connectivity index is 2.01. The summed E-state index contributed by atoms with van der Waals surface area (Å²) < 4.78 is 5.31. The van der Waals surface area contributed by atoms with Crippen LogP contribution in [0.5, 0.6) is 0 Å². The van der Waals surface area contributed by atoms with Crippen LogP contribution in [0.1, 0.15) is 18.9 Å². The highest BCUT2D eigenvalue weighted by Gasteiger charge is 2.31. The van der Waals surface area contributed by atoms with Gasteiger partial charge in [-0.3, -0.25) is 0 Å². The first-order chi connectivity index (χ1) is 9.52. The second-order valence-electron chi connectivity index (χ2n) is 5.19. The van der Waals surface area contributed by atoms with E-state index in [1.807, 2.05) is 31.4 Å². The van der Waals surface area contributed by atoms with E-state index in [2.05, 4.69) is 10.6 Å². The number of benzene rings is 1. The van der Waals surface area contributed by atoms with E-state index in [0.29, 0.717) is 23.9 Å². The predicted molar refractivity (Wildman–Crippen MR) is 84.7 cm³/mol. The van der Waals surface area contributed by atoms with Gasteiger partial charge in [0.2, 0.25) is 0 Å². The second kappa shape index (κ2) is 6.70. The van der Waals surface area contributed by atoms with Gasteiger partial charge >= 0.3 is 6.03 Å². The molecule has 20 heavy (non-hydrogen) atoms. The Kier molecular flexibility index (Phi) is 5.18. The Morgan fingerprint density at radius 3 is 3.00 bits per heavy atom. The minimum atomic E-state index is -0.298. The third-order valence-electron chi connectivity index (χ3n) is 3.22. The molecule has 1 atom stereocenters. The highest BCUT2D eigenvalue weighted by molar-refractivity contribution is 7.97. The van der Waals surface area contributed by atoms with Gasteiger partial charge in [-0.1, -0.05) is 17.7 Å². The molecule has 6 heteroatoms. The van der Waals surface area contributed by atoms with Crippen LogP contribution >= 0.6 is 23.4 Å². The van der Waals surface area contributed by atoms with Crippen LogP contribution < -0.4 is 10.6 Å². The highest BCUT2D eigenvalue weighted by atomic mass is 35.5. The number of hydrogen-bond acceptors (Lipinski definition) is 3. The van der Waals surface area contributed by atoms with Crippen molar-refractivity contribution >= 4 is 35.1 Å². The van der Waals surface area contributed by atoms with E-state index in [9.17, 15) is 4.79 Å². The quantitative estimate of drug-likeness (QED) is 0.894. The van der Waals surface area contributed by atoms with Crippen molar-refractivity contribution in [1.82, 2.24) is 5.32 Å². The van der Waals surface area contributed by atoms with E-state index < -0.39 is 0 Å². The number of ether oxygens (including phenoxy) is 1. The van der Waals surface area contributed by atoms with Gasteiger partial charge < -0.3 is 15.4 Å². The number of urea groups is 1. The first-order valence-electron chi connectivity index (χ1n) is 6.47. The molecule has 2 N–H and O–H groups in total. The average molecular weight is 315 g/mol. The first-order valence-corrected chi connectivity index (χ1v) is 8.24. The number of nitrogens with one attached hydrogen (secondary N) is 2. The summed E-state index contributed by atoms with van der Waals surface area (Å²) in [6.07, 6.45) is 2.86. The van der Waals surface area contributed by atoms with Crippen molar-refractivity contribution in [3.8, 4) is 0 Å². The first kappa shape index (κ1) is 15.5. The standard InChI is InChI=1S/C14H19ClN2O2S/c1-14(5-6-19-9-14)17-13(18)16-12-7-10(8-20-2)3-4-11(12)15/h3-4,7H,5-6,8-9H2,1-2H3,(H2,16,17,18)/t14-/m1/s1. The molecule has 1 fully saturated rings. The highest BCUT2D eigenvalue weighted by Crippen LogP contribution is 2.25. The molecule has 1 aromatic rings. The molecule has 4 nitrogen and oxygen atoms in total. The molecule has 1 aliphatic heterocycles. The molecule has 0 bridgehead atoms. The zero-order valence-corrected chi connectivity index (χ0v) is 13.2. The van der Waals surface area contributed by atoms with Crippen LogP contribution in [0.4, 0.5) is 10.5 Å². The van der Waals surface area contributed by atoms with E-state index in [1.54, 1.807) is 11.8 Å². The lowest BCUT2D eigenvalue weighted by Crippen LogP contribution is -2.48. The third kappa shape index (κ3) is 4.04. The Hall–Kier alpha value is -0.910. The molecule has 0 unspecified atom stereocenters. The molecule has 1 heterocycles. The van der Waals surface area contributed by atoms with Crippen LogP contribution in [0.3, 0.4) is 0 Å². The lowest BCUT2D eigenvalue weighted by Gasteiger charge is -2.23. The monoisotopic (exact) mass is 314 g/mol. The Morgan fingerprint density at radius 1 is 1.55 bits per heavy atom. The van der Waals surface area contributed by atoms with Gasteiger partial charge in [0.25, 0.3) is 0 Å². The molecule has 0 saturated carbocycles. The van der Waals surface area contributed by atoms with Gasteiger partial charge in [-0.05, 0) is 37.3 Å². The van der Waals surface area contributed by atoms with E-state index >= 15 is 0 Å².